The van der Waals surface area contributed by atoms with E-state index in [2.05, 4.69) is 0 Å². The van der Waals surface area contributed by atoms with Gasteiger partial charge in [-0.05, 0) is 24.7 Å². The molecule has 98 valence electrons. The van der Waals surface area contributed by atoms with Crippen LogP contribution >= 0.6 is 0 Å². The summed E-state index contributed by atoms with van der Waals surface area (Å²) in [6, 6.07) is 0. The van der Waals surface area contributed by atoms with Gasteiger partial charge in [-0.15, -0.1) is 0 Å². The first-order valence-corrected chi connectivity index (χ1v) is 5.83. The standard InChI is InChI=1S/C12H20O5/c1-4-8-5-12(10(14)16-2,11(15)17-3)6-9(8)7-13/h8-9,13H,4-7H2,1-3H3/t8-,9+/m0/s1. The molecule has 0 bridgehead atoms. The predicted molar refractivity (Wildman–Crippen MR) is 60.1 cm³/mol. The predicted octanol–water partition coefficient (Wildman–Crippen LogP) is 0.747. The molecule has 5 nitrogen and oxygen atoms in total. The van der Waals surface area contributed by atoms with Gasteiger partial charge in [0, 0.05) is 6.61 Å². The first-order chi connectivity index (χ1) is 8.05. The van der Waals surface area contributed by atoms with E-state index in [1.54, 1.807) is 0 Å². The van der Waals surface area contributed by atoms with Crippen molar-refractivity contribution in [3.05, 3.63) is 0 Å². The SMILES string of the molecule is CC[C@H]1CC(C(=O)OC)(C(=O)OC)C[C@@H]1CO. The van der Waals surface area contributed by atoms with Crippen molar-refractivity contribution in [2.45, 2.75) is 26.2 Å². The number of methoxy groups -OCH3 is 2. The molecule has 1 aliphatic rings. The van der Waals surface area contributed by atoms with Crippen LogP contribution in [0.5, 0.6) is 0 Å². The molecular formula is C12H20O5. The number of hydrogen-bond acceptors (Lipinski definition) is 5. The number of carbonyl (C=O) groups excluding carboxylic acids is 2. The quantitative estimate of drug-likeness (QED) is 0.583. The third kappa shape index (κ3) is 2.29. The molecule has 1 aliphatic carbocycles. The van der Waals surface area contributed by atoms with Crippen molar-refractivity contribution in [1.29, 1.82) is 0 Å². The zero-order valence-electron chi connectivity index (χ0n) is 10.6. The van der Waals surface area contributed by atoms with Gasteiger partial charge in [0.2, 0.25) is 0 Å². The van der Waals surface area contributed by atoms with Gasteiger partial charge in [-0.1, -0.05) is 13.3 Å². The third-order valence-corrected chi connectivity index (χ3v) is 3.80. The molecule has 0 saturated heterocycles. The smallest absolute Gasteiger partial charge is 0.323 e. The van der Waals surface area contributed by atoms with Crippen molar-refractivity contribution in [2.24, 2.45) is 17.3 Å². The second kappa shape index (κ2) is 5.49. The Bertz CT molecular complexity index is 269. The first-order valence-electron chi connectivity index (χ1n) is 5.83. The maximum atomic E-state index is 11.9. The van der Waals surface area contributed by atoms with Crippen molar-refractivity contribution in [3.8, 4) is 0 Å². The van der Waals surface area contributed by atoms with E-state index < -0.39 is 17.4 Å². The largest absolute Gasteiger partial charge is 0.468 e. The Morgan fingerprint density at radius 3 is 1.94 bits per heavy atom. The van der Waals surface area contributed by atoms with E-state index in [-0.39, 0.29) is 18.4 Å². The average Bonchev–Trinajstić information content (AvgIpc) is 2.76. The van der Waals surface area contributed by atoms with Crippen LogP contribution in [-0.4, -0.2) is 37.9 Å². The van der Waals surface area contributed by atoms with Gasteiger partial charge in [0.15, 0.2) is 5.41 Å². The Morgan fingerprint density at radius 1 is 1.18 bits per heavy atom. The lowest BCUT2D eigenvalue weighted by molar-refractivity contribution is -0.169. The molecule has 1 fully saturated rings. The van der Waals surface area contributed by atoms with Gasteiger partial charge in [-0.3, -0.25) is 9.59 Å². The highest BCUT2D eigenvalue weighted by molar-refractivity contribution is 6.00. The van der Waals surface area contributed by atoms with Crippen LogP contribution in [0.1, 0.15) is 26.2 Å². The van der Waals surface area contributed by atoms with Crippen molar-refractivity contribution in [2.75, 3.05) is 20.8 Å². The zero-order chi connectivity index (χ0) is 13.1. The molecule has 0 aromatic carbocycles. The minimum atomic E-state index is -1.22. The first kappa shape index (κ1) is 14.0. The molecule has 0 unspecified atom stereocenters. The second-order valence-electron chi connectivity index (χ2n) is 4.58. The van der Waals surface area contributed by atoms with E-state index in [9.17, 15) is 14.7 Å². The molecule has 5 heteroatoms. The van der Waals surface area contributed by atoms with E-state index in [4.69, 9.17) is 9.47 Å². The third-order valence-electron chi connectivity index (χ3n) is 3.80. The highest BCUT2D eigenvalue weighted by Gasteiger charge is 2.56. The summed E-state index contributed by atoms with van der Waals surface area (Å²) in [5, 5.41) is 9.30. The lowest BCUT2D eigenvalue weighted by Crippen LogP contribution is -2.39. The van der Waals surface area contributed by atoms with E-state index >= 15 is 0 Å². The molecule has 0 radical (unpaired) electrons. The molecular weight excluding hydrogens is 224 g/mol. The zero-order valence-corrected chi connectivity index (χ0v) is 10.6. The maximum Gasteiger partial charge on any atom is 0.323 e. The Hall–Kier alpha value is -1.10. The monoisotopic (exact) mass is 244 g/mol. The molecule has 0 aliphatic heterocycles. The number of rotatable bonds is 4. The van der Waals surface area contributed by atoms with Gasteiger partial charge in [-0.25, -0.2) is 0 Å². The van der Waals surface area contributed by atoms with Crippen LogP contribution in [0, 0.1) is 17.3 Å². The summed E-state index contributed by atoms with van der Waals surface area (Å²) >= 11 is 0. The second-order valence-corrected chi connectivity index (χ2v) is 4.58. The minimum absolute atomic E-state index is 0.0196. The van der Waals surface area contributed by atoms with E-state index in [1.807, 2.05) is 6.92 Å². The molecule has 0 aromatic heterocycles. The summed E-state index contributed by atoms with van der Waals surface area (Å²) in [5.41, 5.74) is -1.22. The Kier molecular flexibility index (Phi) is 4.51. The van der Waals surface area contributed by atoms with Gasteiger partial charge >= 0.3 is 11.9 Å². The van der Waals surface area contributed by atoms with Crippen molar-refractivity contribution in [1.82, 2.24) is 0 Å². The molecule has 0 heterocycles. The Balaban J connectivity index is 3.02. The summed E-state index contributed by atoms with van der Waals surface area (Å²) in [6.45, 7) is 1.96. The van der Waals surface area contributed by atoms with Crippen LogP contribution < -0.4 is 0 Å². The van der Waals surface area contributed by atoms with Crippen LogP contribution in [-0.2, 0) is 19.1 Å². The fourth-order valence-electron chi connectivity index (χ4n) is 2.81. The highest BCUT2D eigenvalue weighted by Crippen LogP contribution is 2.48. The van der Waals surface area contributed by atoms with Crippen molar-refractivity contribution < 1.29 is 24.2 Å². The van der Waals surface area contributed by atoms with Crippen LogP contribution in [0.2, 0.25) is 0 Å². The fraction of sp³-hybridized carbons (Fsp3) is 0.833. The molecule has 1 rings (SSSR count). The summed E-state index contributed by atoms with van der Waals surface area (Å²) in [4.78, 5) is 23.7. The number of esters is 2. The number of carbonyl (C=O) groups is 2. The molecule has 2 atom stereocenters. The summed E-state index contributed by atoms with van der Waals surface area (Å²) in [7, 11) is 2.53. The molecule has 0 spiro atoms. The fourth-order valence-corrected chi connectivity index (χ4v) is 2.81. The Labute approximate surface area is 101 Å². The van der Waals surface area contributed by atoms with Gasteiger partial charge in [0.05, 0.1) is 14.2 Å². The van der Waals surface area contributed by atoms with Crippen molar-refractivity contribution in [3.63, 3.8) is 0 Å². The van der Waals surface area contributed by atoms with Crippen LogP contribution in [0.3, 0.4) is 0 Å². The number of aliphatic hydroxyl groups excluding tert-OH is 1. The molecule has 17 heavy (non-hydrogen) atoms. The summed E-state index contributed by atoms with van der Waals surface area (Å²) < 4.78 is 9.45. The molecule has 1 saturated carbocycles. The van der Waals surface area contributed by atoms with E-state index in [1.165, 1.54) is 14.2 Å². The molecule has 0 aromatic rings. The minimum Gasteiger partial charge on any atom is -0.468 e. The summed E-state index contributed by atoms with van der Waals surface area (Å²) in [5.74, 6) is -1.01. The topological polar surface area (TPSA) is 72.8 Å². The van der Waals surface area contributed by atoms with Crippen LogP contribution in [0.4, 0.5) is 0 Å². The average molecular weight is 244 g/mol. The highest BCUT2D eigenvalue weighted by atomic mass is 16.5. The van der Waals surface area contributed by atoms with Gasteiger partial charge in [0.1, 0.15) is 0 Å². The summed E-state index contributed by atoms with van der Waals surface area (Å²) in [6.07, 6.45) is 1.52. The van der Waals surface area contributed by atoms with Gasteiger partial charge in [-0.2, -0.15) is 0 Å². The lowest BCUT2D eigenvalue weighted by atomic mass is 9.85. The maximum absolute atomic E-state index is 11.9. The molecule has 1 N–H and O–H groups in total. The van der Waals surface area contributed by atoms with E-state index in [0.29, 0.717) is 12.8 Å². The van der Waals surface area contributed by atoms with E-state index in [0.717, 1.165) is 6.42 Å². The normalized spacial score (nSPS) is 26.6. The van der Waals surface area contributed by atoms with Gasteiger partial charge < -0.3 is 14.6 Å². The lowest BCUT2D eigenvalue weighted by Gasteiger charge is -2.23. The number of hydrogen-bond donors (Lipinski definition) is 1. The molecule has 0 amide bonds. The number of ether oxygens (including phenoxy) is 2. The van der Waals surface area contributed by atoms with Crippen LogP contribution in [0.15, 0.2) is 0 Å². The van der Waals surface area contributed by atoms with Crippen LogP contribution in [0.25, 0.3) is 0 Å². The Morgan fingerprint density at radius 2 is 1.65 bits per heavy atom. The number of aliphatic hydroxyl groups is 1. The van der Waals surface area contributed by atoms with Gasteiger partial charge in [0.25, 0.3) is 0 Å². The van der Waals surface area contributed by atoms with Crippen molar-refractivity contribution >= 4 is 11.9 Å².